The molecule has 0 radical (unpaired) electrons. The number of carbonyl (C=O) groups excluding carboxylic acids is 2. The molecule has 1 aliphatic rings. The molecule has 2 aromatic carbocycles. The first kappa shape index (κ1) is 20.0. The molecule has 0 unspecified atom stereocenters. The van der Waals surface area contributed by atoms with Crippen LogP contribution in [-0.4, -0.2) is 24.6 Å². The summed E-state index contributed by atoms with van der Waals surface area (Å²) >= 11 is 1.54. The second kappa shape index (κ2) is 8.97. The third-order valence-corrected chi connectivity index (χ3v) is 5.09. The standard InChI is InChI=1S/C23H17N3O2S/c1-3-14-25(29-2)20-10-6-18(7-11-20)19(16-24)15-17-4-8-21(9-5-17)26-22(27)12-13-23(26)28/h1,4-13,15H,14H2,2H3/b19-15+. The lowest BCUT2D eigenvalue weighted by atomic mass is 10.0. The van der Waals surface area contributed by atoms with Gasteiger partial charge in [-0.3, -0.25) is 9.59 Å². The van der Waals surface area contributed by atoms with E-state index in [-0.39, 0.29) is 11.8 Å². The lowest BCUT2D eigenvalue weighted by molar-refractivity contribution is -0.119. The van der Waals surface area contributed by atoms with E-state index in [2.05, 4.69) is 12.0 Å². The van der Waals surface area contributed by atoms with Crippen LogP contribution in [0.5, 0.6) is 0 Å². The third kappa shape index (κ3) is 4.40. The van der Waals surface area contributed by atoms with Crippen molar-refractivity contribution in [2.45, 2.75) is 0 Å². The Bertz CT molecular complexity index is 1050. The van der Waals surface area contributed by atoms with E-state index in [1.54, 1.807) is 30.3 Å². The van der Waals surface area contributed by atoms with E-state index < -0.39 is 0 Å². The first-order chi connectivity index (χ1) is 14.1. The number of carbonyl (C=O) groups is 2. The summed E-state index contributed by atoms with van der Waals surface area (Å²) in [6, 6.07) is 16.7. The summed E-state index contributed by atoms with van der Waals surface area (Å²) in [4.78, 5) is 24.6. The van der Waals surface area contributed by atoms with Gasteiger partial charge in [0, 0.05) is 24.1 Å². The van der Waals surface area contributed by atoms with Gasteiger partial charge in [0.05, 0.1) is 23.9 Å². The average Bonchev–Trinajstić information content (AvgIpc) is 3.09. The van der Waals surface area contributed by atoms with Gasteiger partial charge in [-0.2, -0.15) is 5.26 Å². The van der Waals surface area contributed by atoms with Gasteiger partial charge in [-0.15, -0.1) is 6.42 Å². The molecule has 29 heavy (non-hydrogen) atoms. The predicted molar refractivity (Wildman–Crippen MR) is 118 cm³/mol. The Morgan fingerprint density at radius 3 is 2.24 bits per heavy atom. The Morgan fingerprint density at radius 1 is 1.10 bits per heavy atom. The number of anilines is 2. The molecule has 0 atom stereocenters. The minimum Gasteiger partial charge on any atom is -0.304 e. The molecule has 0 aliphatic carbocycles. The van der Waals surface area contributed by atoms with Gasteiger partial charge in [0.15, 0.2) is 0 Å². The number of amides is 2. The highest BCUT2D eigenvalue weighted by molar-refractivity contribution is 7.99. The topological polar surface area (TPSA) is 64.4 Å². The second-order valence-electron chi connectivity index (χ2n) is 6.08. The maximum absolute atomic E-state index is 11.8. The molecule has 0 aromatic heterocycles. The number of benzene rings is 2. The van der Waals surface area contributed by atoms with Crippen molar-refractivity contribution >= 4 is 46.8 Å². The molecule has 0 spiro atoms. The van der Waals surface area contributed by atoms with Gasteiger partial charge in [-0.1, -0.05) is 42.1 Å². The molecule has 0 saturated heterocycles. The molecule has 3 rings (SSSR count). The summed E-state index contributed by atoms with van der Waals surface area (Å²) in [6.07, 6.45) is 11.6. The monoisotopic (exact) mass is 399 g/mol. The minimum atomic E-state index is -0.361. The highest BCUT2D eigenvalue weighted by Crippen LogP contribution is 2.25. The Kier molecular flexibility index (Phi) is 6.19. The fourth-order valence-electron chi connectivity index (χ4n) is 2.87. The first-order valence-electron chi connectivity index (χ1n) is 8.71. The van der Waals surface area contributed by atoms with E-state index in [9.17, 15) is 14.9 Å². The summed E-state index contributed by atoms with van der Waals surface area (Å²) in [5, 5.41) is 9.58. The van der Waals surface area contributed by atoms with E-state index in [4.69, 9.17) is 6.42 Å². The van der Waals surface area contributed by atoms with Crippen molar-refractivity contribution in [3.8, 4) is 18.4 Å². The molecular weight excluding hydrogens is 382 g/mol. The van der Waals surface area contributed by atoms with Gasteiger partial charge in [0.25, 0.3) is 11.8 Å². The highest BCUT2D eigenvalue weighted by Gasteiger charge is 2.24. The van der Waals surface area contributed by atoms with E-state index >= 15 is 0 Å². The number of imide groups is 1. The third-order valence-electron chi connectivity index (χ3n) is 4.31. The Hall–Kier alpha value is -3.74. The molecular formula is C23H17N3O2S. The number of rotatable bonds is 6. The van der Waals surface area contributed by atoms with Crippen molar-refractivity contribution in [3.63, 3.8) is 0 Å². The number of hydrogen-bond acceptors (Lipinski definition) is 5. The van der Waals surface area contributed by atoms with Crippen LogP contribution >= 0.6 is 11.9 Å². The summed E-state index contributed by atoms with van der Waals surface area (Å²) in [5.74, 6) is 1.90. The molecule has 6 heteroatoms. The lowest BCUT2D eigenvalue weighted by Crippen LogP contribution is -2.29. The summed E-state index contributed by atoms with van der Waals surface area (Å²) < 4.78 is 1.98. The highest BCUT2D eigenvalue weighted by atomic mass is 32.2. The largest absolute Gasteiger partial charge is 0.304 e. The second-order valence-corrected chi connectivity index (χ2v) is 6.88. The Morgan fingerprint density at radius 2 is 1.72 bits per heavy atom. The smallest absolute Gasteiger partial charge is 0.258 e. The van der Waals surface area contributed by atoms with Gasteiger partial charge < -0.3 is 4.31 Å². The summed E-state index contributed by atoms with van der Waals surface area (Å²) in [5.41, 5.74) is 3.55. The van der Waals surface area contributed by atoms with Gasteiger partial charge >= 0.3 is 0 Å². The molecule has 0 saturated carbocycles. The van der Waals surface area contributed by atoms with Crippen molar-refractivity contribution in [3.05, 3.63) is 71.8 Å². The van der Waals surface area contributed by atoms with Crippen LogP contribution in [0, 0.1) is 23.7 Å². The zero-order valence-corrected chi connectivity index (χ0v) is 16.5. The Labute approximate surface area is 174 Å². The van der Waals surface area contributed by atoms with Crippen LogP contribution in [0.15, 0.2) is 60.7 Å². The molecule has 142 valence electrons. The van der Waals surface area contributed by atoms with Gasteiger partial charge in [0.1, 0.15) is 0 Å². The van der Waals surface area contributed by atoms with Gasteiger partial charge in [-0.05, 0) is 41.5 Å². The van der Waals surface area contributed by atoms with Crippen LogP contribution in [0.4, 0.5) is 11.4 Å². The molecule has 1 heterocycles. The molecule has 5 nitrogen and oxygen atoms in total. The number of hydrogen-bond donors (Lipinski definition) is 0. The first-order valence-corrected chi connectivity index (χ1v) is 9.89. The van der Waals surface area contributed by atoms with Crippen LogP contribution in [0.25, 0.3) is 11.6 Å². The fraction of sp³-hybridized carbons (Fsp3) is 0.0870. The molecule has 1 aliphatic heterocycles. The Balaban J connectivity index is 1.81. The van der Waals surface area contributed by atoms with Crippen LogP contribution in [0.2, 0.25) is 0 Å². The van der Waals surface area contributed by atoms with E-state index in [0.717, 1.165) is 21.7 Å². The van der Waals surface area contributed by atoms with E-state index in [1.165, 1.54) is 24.1 Å². The SMILES string of the molecule is C#CCN(SC)c1ccc(/C(C#N)=C/c2ccc(N3C(=O)C=CC3=O)cc2)cc1. The van der Waals surface area contributed by atoms with Crippen LogP contribution in [0.3, 0.4) is 0 Å². The zero-order valence-electron chi connectivity index (χ0n) is 15.7. The predicted octanol–water partition coefficient (Wildman–Crippen LogP) is 3.90. The van der Waals surface area contributed by atoms with Crippen molar-refractivity contribution in [2.24, 2.45) is 0 Å². The van der Waals surface area contributed by atoms with E-state index in [1.807, 2.05) is 34.8 Å². The number of allylic oxidation sites excluding steroid dienone is 1. The van der Waals surface area contributed by atoms with Crippen molar-refractivity contribution in [2.75, 3.05) is 22.0 Å². The van der Waals surface area contributed by atoms with E-state index in [0.29, 0.717) is 17.8 Å². The van der Waals surface area contributed by atoms with Crippen LogP contribution in [-0.2, 0) is 9.59 Å². The molecule has 0 bridgehead atoms. The van der Waals surface area contributed by atoms with Crippen LogP contribution in [0.1, 0.15) is 11.1 Å². The van der Waals surface area contributed by atoms with Crippen LogP contribution < -0.4 is 9.21 Å². The number of terminal acetylenes is 1. The lowest BCUT2D eigenvalue weighted by Gasteiger charge is -2.18. The normalized spacial score (nSPS) is 13.3. The fourth-order valence-corrected chi connectivity index (χ4v) is 3.41. The van der Waals surface area contributed by atoms with Crippen molar-refractivity contribution in [1.82, 2.24) is 0 Å². The maximum atomic E-state index is 11.8. The molecule has 0 fully saturated rings. The zero-order chi connectivity index (χ0) is 20.8. The minimum absolute atomic E-state index is 0.361. The molecule has 2 aromatic rings. The van der Waals surface area contributed by atoms with Crippen molar-refractivity contribution < 1.29 is 9.59 Å². The molecule has 0 N–H and O–H groups in total. The van der Waals surface area contributed by atoms with Gasteiger partial charge in [-0.25, -0.2) is 4.90 Å². The number of nitriles is 1. The average molecular weight is 399 g/mol. The maximum Gasteiger partial charge on any atom is 0.258 e. The number of nitrogens with zero attached hydrogens (tertiary/aromatic N) is 3. The summed E-state index contributed by atoms with van der Waals surface area (Å²) in [7, 11) is 0. The molecule has 2 amide bonds. The summed E-state index contributed by atoms with van der Waals surface area (Å²) in [6.45, 7) is 0.491. The quantitative estimate of drug-likeness (QED) is 0.242. The van der Waals surface area contributed by atoms with Crippen molar-refractivity contribution in [1.29, 1.82) is 5.26 Å². The van der Waals surface area contributed by atoms with Gasteiger partial charge in [0.2, 0.25) is 0 Å².